The SMILES string of the molecule is COC(=O)c1ccc(CC(C)(O)C(C)(C)O)cc1F. The maximum atomic E-state index is 13.7. The molecule has 0 radical (unpaired) electrons. The van der Waals surface area contributed by atoms with Crippen molar-refractivity contribution < 1.29 is 24.1 Å². The van der Waals surface area contributed by atoms with Crippen molar-refractivity contribution >= 4 is 5.97 Å². The van der Waals surface area contributed by atoms with E-state index in [-0.39, 0.29) is 12.0 Å². The van der Waals surface area contributed by atoms with Gasteiger partial charge in [-0.15, -0.1) is 0 Å². The topological polar surface area (TPSA) is 66.8 Å². The number of ether oxygens (including phenoxy) is 1. The molecule has 1 aromatic rings. The maximum Gasteiger partial charge on any atom is 0.340 e. The number of methoxy groups -OCH3 is 1. The first-order valence-corrected chi connectivity index (χ1v) is 5.90. The molecule has 19 heavy (non-hydrogen) atoms. The summed E-state index contributed by atoms with van der Waals surface area (Å²) >= 11 is 0. The Morgan fingerprint density at radius 2 is 1.89 bits per heavy atom. The summed E-state index contributed by atoms with van der Waals surface area (Å²) in [4.78, 5) is 11.2. The van der Waals surface area contributed by atoms with Gasteiger partial charge in [0.15, 0.2) is 0 Å². The van der Waals surface area contributed by atoms with Crippen LogP contribution in [0.4, 0.5) is 4.39 Å². The van der Waals surface area contributed by atoms with Crippen molar-refractivity contribution in [3.8, 4) is 0 Å². The van der Waals surface area contributed by atoms with Crippen LogP contribution in [0.25, 0.3) is 0 Å². The largest absolute Gasteiger partial charge is 0.465 e. The fourth-order valence-electron chi connectivity index (χ4n) is 1.56. The number of aliphatic hydroxyl groups is 2. The molecule has 0 aliphatic carbocycles. The molecule has 1 rings (SSSR count). The van der Waals surface area contributed by atoms with Crippen LogP contribution in [0.3, 0.4) is 0 Å². The molecule has 0 amide bonds. The van der Waals surface area contributed by atoms with Crippen LogP contribution in [0.2, 0.25) is 0 Å². The predicted molar refractivity (Wildman–Crippen MR) is 68.4 cm³/mol. The van der Waals surface area contributed by atoms with E-state index in [1.165, 1.54) is 40.0 Å². The molecule has 0 aliphatic rings. The van der Waals surface area contributed by atoms with Crippen LogP contribution in [0.1, 0.15) is 36.7 Å². The van der Waals surface area contributed by atoms with E-state index in [4.69, 9.17) is 0 Å². The Labute approximate surface area is 111 Å². The van der Waals surface area contributed by atoms with Crippen LogP contribution in [0.15, 0.2) is 18.2 Å². The normalized spacial score (nSPS) is 14.9. The zero-order valence-electron chi connectivity index (χ0n) is 11.5. The molecule has 0 saturated heterocycles. The van der Waals surface area contributed by atoms with Gasteiger partial charge in [0.2, 0.25) is 0 Å². The highest BCUT2D eigenvalue weighted by atomic mass is 19.1. The average molecular weight is 270 g/mol. The fourth-order valence-corrected chi connectivity index (χ4v) is 1.56. The number of benzene rings is 1. The molecule has 0 spiro atoms. The van der Waals surface area contributed by atoms with Crippen molar-refractivity contribution in [3.05, 3.63) is 35.1 Å². The monoisotopic (exact) mass is 270 g/mol. The van der Waals surface area contributed by atoms with Crippen molar-refractivity contribution in [2.45, 2.75) is 38.4 Å². The number of carbonyl (C=O) groups is 1. The first kappa shape index (κ1) is 15.6. The molecule has 1 aromatic carbocycles. The number of carbonyl (C=O) groups excluding carboxylic acids is 1. The van der Waals surface area contributed by atoms with Gasteiger partial charge in [0.05, 0.1) is 23.9 Å². The Bertz CT molecular complexity index is 475. The molecule has 5 heteroatoms. The lowest BCUT2D eigenvalue weighted by atomic mass is 9.82. The second kappa shape index (κ2) is 5.27. The maximum absolute atomic E-state index is 13.7. The third-order valence-electron chi connectivity index (χ3n) is 3.31. The van der Waals surface area contributed by atoms with Gasteiger partial charge in [0.25, 0.3) is 0 Å². The van der Waals surface area contributed by atoms with Crippen LogP contribution in [0, 0.1) is 5.82 Å². The quantitative estimate of drug-likeness (QED) is 0.817. The lowest BCUT2D eigenvalue weighted by Gasteiger charge is -2.35. The number of hydrogen-bond donors (Lipinski definition) is 2. The van der Waals surface area contributed by atoms with Crippen LogP contribution >= 0.6 is 0 Å². The van der Waals surface area contributed by atoms with Crippen LogP contribution < -0.4 is 0 Å². The van der Waals surface area contributed by atoms with E-state index < -0.39 is 23.0 Å². The molecule has 0 bridgehead atoms. The van der Waals surface area contributed by atoms with Crippen LogP contribution in [-0.4, -0.2) is 34.5 Å². The van der Waals surface area contributed by atoms with Crippen LogP contribution in [0.5, 0.6) is 0 Å². The molecular formula is C14H19FO4. The zero-order valence-corrected chi connectivity index (χ0v) is 11.5. The second-order valence-electron chi connectivity index (χ2n) is 5.32. The lowest BCUT2D eigenvalue weighted by molar-refractivity contribution is -0.118. The molecule has 2 N–H and O–H groups in total. The van der Waals surface area contributed by atoms with Gasteiger partial charge in [-0.3, -0.25) is 0 Å². The summed E-state index contributed by atoms with van der Waals surface area (Å²) < 4.78 is 18.2. The van der Waals surface area contributed by atoms with E-state index in [9.17, 15) is 19.4 Å². The van der Waals surface area contributed by atoms with Gasteiger partial charge in [0.1, 0.15) is 5.82 Å². The summed E-state index contributed by atoms with van der Waals surface area (Å²) in [5.74, 6) is -1.46. The average Bonchev–Trinajstić information content (AvgIpc) is 2.26. The van der Waals surface area contributed by atoms with E-state index in [2.05, 4.69) is 4.74 Å². The van der Waals surface area contributed by atoms with Crippen molar-refractivity contribution in [2.75, 3.05) is 7.11 Å². The number of halogens is 1. The molecule has 1 atom stereocenters. The third kappa shape index (κ3) is 3.52. The first-order chi connectivity index (χ1) is 8.58. The molecule has 1 unspecified atom stereocenters. The second-order valence-corrected chi connectivity index (χ2v) is 5.32. The van der Waals surface area contributed by atoms with Gasteiger partial charge in [-0.25, -0.2) is 9.18 Å². The third-order valence-corrected chi connectivity index (χ3v) is 3.31. The summed E-state index contributed by atoms with van der Waals surface area (Å²) in [5, 5.41) is 20.0. The van der Waals surface area contributed by atoms with Crippen molar-refractivity contribution in [3.63, 3.8) is 0 Å². The van der Waals surface area contributed by atoms with E-state index >= 15 is 0 Å². The fraction of sp³-hybridized carbons (Fsp3) is 0.500. The molecular weight excluding hydrogens is 251 g/mol. The van der Waals surface area contributed by atoms with Gasteiger partial charge in [-0.1, -0.05) is 6.07 Å². The minimum Gasteiger partial charge on any atom is -0.465 e. The Morgan fingerprint density at radius 3 is 2.32 bits per heavy atom. The minimum absolute atomic E-state index is 0.0644. The highest BCUT2D eigenvalue weighted by Gasteiger charge is 2.37. The standard InChI is InChI=1S/C14H19FO4/c1-13(2,17)14(3,18)8-9-5-6-10(11(15)7-9)12(16)19-4/h5-7,17-18H,8H2,1-4H3. The van der Waals surface area contributed by atoms with Crippen molar-refractivity contribution in [1.82, 2.24) is 0 Å². The molecule has 0 fully saturated rings. The number of esters is 1. The molecule has 106 valence electrons. The van der Waals surface area contributed by atoms with Crippen molar-refractivity contribution in [2.24, 2.45) is 0 Å². The van der Waals surface area contributed by atoms with Gasteiger partial charge in [0, 0.05) is 6.42 Å². The lowest BCUT2D eigenvalue weighted by Crippen LogP contribution is -2.49. The van der Waals surface area contributed by atoms with E-state index in [0.29, 0.717) is 5.56 Å². The highest BCUT2D eigenvalue weighted by molar-refractivity contribution is 5.89. The smallest absolute Gasteiger partial charge is 0.340 e. The predicted octanol–water partition coefficient (Wildman–Crippen LogP) is 1.68. The molecule has 4 nitrogen and oxygen atoms in total. The van der Waals surface area contributed by atoms with Gasteiger partial charge in [-0.2, -0.15) is 0 Å². The summed E-state index contributed by atoms with van der Waals surface area (Å²) in [5.41, 5.74) is -2.41. The molecule has 0 aliphatic heterocycles. The summed E-state index contributed by atoms with van der Waals surface area (Å²) in [6.45, 7) is 4.43. The Kier molecular flexibility index (Phi) is 4.32. The zero-order chi connectivity index (χ0) is 14.8. The van der Waals surface area contributed by atoms with E-state index in [1.807, 2.05) is 0 Å². The summed E-state index contributed by atoms with van der Waals surface area (Å²) in [6.07, 6.45) is 0.0644. The number of rotatable bonds is 4. The molecule has 0 aromatic heterocycles. The Hall–Kier alpha value is -1.46. The Morgan fingerprint density at radius 1 is 1.32 bits per heavy atom. The highest BCUT2D eigenvalue weighted by Crippen LogP contribution is 2.26. The van der Waals surface area contributed by atoms with Gasteiger partial charge in [-0.05, 0) is 38.5 Å². The molecule has 0 heterocycles. The minimum atomic E-state index is -1.41. The van der Waals surface area contributed by atoms with E-state index in [1.54, 1.807) is 0 Å². The van der Waals surface area contributed by atoms with Crippen molar-refractivity contribution in [1.29, 1.82) is 0 Å². The van der Waals surface area contributed by atoms with Gasteiger partial charge < -0.3 is 14.9 Å². The van der Waals surface area contributed by atoms with Gasteiger partial charge >= 0.3 is 5.97 Å². The summed E-state index contributed by atoms with van der Waals surface area (Å²) in [6, 6.07) is 3.99. The van der Waals surface area contributed by atoms with E-state index in [0.717, 1.165) is 6.07 Å². The number of hydrogen-bond acceptors (Lipinski definition) is 4. The summed E-state index contributed by atoms with van der Waals surface area (Å²) in [7, 11) is 1.18. The molecule has 0 saturated carbocycles. The first-order valence-electron chi connectivity index (χ1n) is 5.90. The Balaban J connectivity index is 3.00. The van der Waals surface area contributed by atoms with Crippen LogP contribution in [-0.2, 0) is 11.2 Å².